The van der Waals surface area contributed by atoms with Gasteiger partial charge in [0.1, 0.15) is 17.7 Å². The van der Waals surface area contributed by atoms with E-state index in [0.717, 1.165) is 41.6 Å². The molecule has 1 saturated heterocycles. The summed E-state index contributed by atoms with van der Waals surface area (Å²) in [5.74, 6) is 4.44. The van der Waals surface area contributed by atoms with Crippen LogP contribution in [0.5, 0.6) is 17.2 Å². The molecule has 0 unspecified atom stereocenters. The van der Waals surface area contributed by atoms with Gasteiger partial charge in [-0.05, 0) is 30.7 Å². The molecule has 0 amide bonds. The van der Waals surface area contributed by atoms with Crippen LogP contribution in [0.15, 0.2) is 12.4 Å². The highest BCUT2D eigenvalue weighted by atomic mass is 16.5. The van der Waals surface area contributed by atoms with Crippen molar-refractivity contribution in [2.75, 3.05) is 39.3 Å². The molecule has 2 aliphatic rings. The lowest BCUT2D eigenvalue weighted by molar-refractivity contribution is 0.202. The summed E-state index contributed by atoms with van der Waals surface area (Å²) in [5, 5.41) is 0.955. The van der Waals surface area contributed by atoms with E-state index < -0.39 is 0 Å². The zero-order valence-electron chi connectivity index (χ0n) is 15.8. The highest BCUT2D eigenvalue weighted by molar-refractivity contribution is 5.97. The fourth-order valence-electron chi connectivity index (χ4n) is 4.70. The van der Waals surface area contributed by atoms with Crippen LogP contribution in [0.4, 0.5) is 5.82 Å². The zero-order valence-corrected chi connectivity index (χ0v) is 15.8. The van der Waals surface area contributed by atoms with Gasteiger partial charge in [0.05, 0.1) is 26.7 Å². The maximum absolute atomic E-state index is 5.61. The Labute approximate surface area is 154 Å². The van der Waals surface area contributed by atoms with Crippen LogP contribution in [-0.2, 0) is 0 Å². The first-order valence-electron chi connectivity index (χ1n) is 9.45. The van der Waals surface area contributed by atoms with Gasteiger partial charge in [0.15, 0.2) is 11.5 Å². The SMILES string of the molecule is COc1cc2c(N3CC[C@@H]4CCCC[C@H]4C3)ncnc2c(OC)c1OC. The van der Waals surface area contributed by atoms with Gasteiger partial charge in [-0.3, -0.25) is 0 Å². The average Bonchev–Trinajstić information content (AvgIpc) is 2.71. The number of piperidine rings is 1. The van der Waals surface area contributed by atoms with E-state index in [4.69, 9.17) is 14.2 Å². The summed E-state index contributed by atoms with van der Waals surface area (Å²) >= 11 is 0. The standard InChI is InChI=1S/C20H27N3O3/c1-24-16-10-15-17(19(26-3)18(16)25-2)21-12-22-20(15)23-9-8-13-6-4-5-7-14(13)11-23/h10,12-14H,4-9,11H2,1-3H3/t13-,14-/m0/s1. The Morgan fingerprint density at radius 2 is 1.69 bits per heavy atom. The van der Waals surface area contributed by atoms with Crippen molar-refractivity contribution in [3.63, 3.8) is 0 Å². The van der Waals surface area contributed by atoms with Gasteiger partial charge in [-0.25, -0.2) is 9.97 Å². The summed E-state index contributed by atoms with van der Waals surface area (Å²) in [4.78, 5) is 11.5. The molecule has 1 aliphatic heterocycles. The highest BCUT2D eigenvalue weighted by Gasteiger charge is 2.32. The first-order valence-corrected chi connectivity index (χ1v) is 9.45. The largest absolute Gasteiger partial charge is 0.493 e. The summed E-state index contributed by atoms with van der Waals surface area (Å²) in [5.41, 5.74) is 0.765. The van der Waals surface area contributed by atoms with Crippen LogP contribution in [0.2, 0.25) is 0 Å². The second-order valence-corrected chi connectivity index (χ2v) is 7.28. The molecule has 1 aromatic carbocycles. The molecule has 6 heteroatoms. The fourth-order valence-corrected chi connectivity index (χ4v) is 4.70. The summed E-state index contributed by atoms with van der Waals surface area (Å²) in [6, 6.07) is 1.97. The minimum absolute atomic E-state index is 0.568. The van der Waals surface area contributed by atoms with Crippen molar-refractivity contribution in [3.8, 4) is 17.2 Å². The van der Waals surface area contributed by atoms with Crippen molar-refractivity contribution in [2.45, 2.75) is 32.1 Å². The first kappa shape index (κ1) is 17.2. The minimum Gasteiger partial charge on any atom is -0.493 e. The Morgan fingerprint density at radius 3 is 2.42 bits per heavy atom. The molecule has 0 spiro atoms. The van der Waals surface area contributed by atoms with Gasteiger partial charge in [-0.1, -0.05) is 19.3 Å². The van der Waals surface area contributed by atoms with Crippen molar-refractivity contribution in [2.24, 2.45) is 11.8 Å². The predicted molar refractivity (Wildman–Crippen MR) is 101 cm³/mol. The Hall–Kier alpha value is -2.24. The number of fused-ring (bicyclic) bond motifs is 2. The van der Waals surface area contributed by atoms with Crippen LogP contribution in [0.1, 0.15) is 32.1 Å². The van der Waals surface area contributed by atoms with E-state index >= 15 is 0 Å². The van der Waals surface area contributed by atoms with Gasteiger partial charge in [-0.15, -0.1) is 0 Å². The van der Waals surface area contributed by atoms with E-state index in [1.54, 1.807) is 27.7 Å². The van der Waals surface area contributed by atoms with Gasteiger partial charge in [0, 0.05) is 13.1 Å². The van der Waals surface area contributed by atoms with Crippen LogP contribution >= 0.6 is 0 Å². The normalized spacial score (nSPS) is 22.8. The molecule has 1 aromatic heterocycles. The van der Waals surface area contributed by atoms with Gasteiger partial charge < -0.3 is 19.1 Å². The molecule has 26 heavy (non-hydrogen) atoms. The molecule has 2 heterocycles. The average molecular weight is 357 g/mol. The molecule has 2 atom stereocenters. The number of aromatic nitrogens is 2. The van der Waals surface area contributed by atoms with E-state index in [-0.39, 0.29) is 0 Å². The molecule has 2 aromatic rings. The molecule has 0 N–H and O–H groups in total. The van der Waals surface area contributed by atoms with E-state index in [9.17, 15) is 0 Å². The second-order valence-electron chi connectivity index (χ2n) is 7.28. The van der Waals surface area contributed by atoms with Gasteiger partial charge in [-0.2, -0.15) is 0 Å². The number of hydrogen-bond donors (Lipinski definition) is 0. The van der Waals surface area contributed by atoms with Crippen molar-refractivity contribution < 1.29 is 14.2 Å². The summed E-state index contributed by atoms with van der Waals surface area (Å²) in [6.45, 7) is 2.12. The van der Waals surface area contributed by atoms with Crippen LogP contribution in [0, 0.1) is 11.8 Å². The number of methoxy groups -OCH3 is 3. The van der Waals surface area contributed by atoms with E-state index in [1.807, 2.05) is 6.07 Å². The topological polar surface area (TPSA) is 56.7 Å². The highest BCUT2D eigenvalue weighted by Crippen LogP contribution is 2.45. The molecule has 140 valence electrons. The van der Waals surface area contributed by atoms with Crippen molar-refractivity contribution in [1.82, 2.24) is 9.97 Å². The monoisotopic (exact) mass is 357 g/mol. The molecule has 0 radical (unpaired) electrons. The molecular formula is C20H27N3O3. The zero-order chi connectivity index (χ0) is 18.1. The number of ether oxygens (including phenoxy) is 3. The fraction of sp³-hybridized carbons (Fsp3) is 0.600. The number of rotatable bonds is 4. The van der Waals surface area contributed by atoms with Crippen LogP contribution in [0.25, 0.3) is 10.9 Å². The van der Waals surface area contributed by atoms with Crippen molar-refractivity contribution in [3.05, 3.63) is 12.4 Å². The third-order valence-electron chi connectivity index (χ3n) is 6.00. The van der Waals surface area contributed by atoms with Crippen molar-refractivity contribution in [1.29, 1.82) is 0 Å². The lowest BCUT2D eigenvalue weighted by Crippen LogP contribution is -2.42. The van der Waals surface area contributed by atoms with Gasteiger partial charge in [0.25, 0.3) is 0 Å². The molecule has 1 aliphatic carbocycles. The Kier molecular flexibility index (Phi) is 4.74. The lowest BCUT2D eigenvalue weighted by atomic mass is 9.75. The van der Waals surface area contributed by atoms with E-state index in [0.29, 0.717) is 17.2 Å². The summed E-state index contributed by atoms with van der Waals surface area (Å²) in [7, 11) is 4.88. The molecule has 4 rings (SSSR count). The minimum atomic E-state index is 0.568. The molecule has 1 saturated carbocycles. The van der Waals surface area contributed by atoms with Crippen LogP contribution in [0.3, 0.4) is 0 Å². The second kappa shape index (κ2) is 7.17. The Morgan fingerprint density at radius 1 is 0.923 bits per heavy atom. The van der Waals surface area contributed by atoms with Crippen LogP contribution < -0.4 is 19.1 Å². The quantitative estimate of drug-likeness (QED) is 0.832. The summed E-state index contributed by atoms with van der Waals surface area (Å²) < 4.78 is 16.6. The van der Waals surface area contributed by atoms with E-state index in [2.05, 4.69) is 14.9 Å². The molecule has 0 bridgehead atoms. The maximum Gasteiger partial charge on any atom is 0.205 e. The smallest absolute Gasteiger partial charge is 0.205 e. The maximum atomic E-state index is 5.61. The van der Waals surface area contributed by atoms with E-state index in [1.165, 1.54) is 32.1 Å². The van der Waals surface area contributed by atoms with Gasteiger partial charge in [0.2, 0.25) is 5.75 Å². The summed E-state index contributed by atoms with van der Waals surface area (Å²) in [6.07, 6.45) is 8.36. The van der Waals surface area contributed by atoms with Gasteiger partial charge >= 0.3 is 0 Å². The molecule has 2 fully saturated rings. The lowest BCUT2D eigenvalue weighted by Gasteiger charge is -2.42. The number of hydrogen-bond acceptors (Lipinski definition) is 6. The number of nitrogens with zero attached hydrogens (tertiary/aromatic N) is 3. The Bertz CT molecular complexity index is 795. The first-order chi connectivity index (χ1) is 12.8. The molecular weight excluding hydrogens is 330 g/mol. The molecule has 6 nitrogen and oxygen atoms in total. The van der Waals surface area contributed by atoms with Crippen LogP contribution in [-0.4, -0.2) is 44.4 Å². The number of benzene rings is 1. The third-order valence-corrected chi connectivity index (χ3v) is 6.00. The number of anilines is 1. The third kappa shape index (κ3) is 2.81. The predicted octanol–water partition coefficient (Wildman–Crippen LogP) is 3.67. The van der Waals surface area contributed by atoms with Crippen molar-refractivity contribution >= 4 is 16.7 Å². The Balaban J connectivity index is 1.78.